The zero-order chi connectivity index (χ0) is 14.5. The van der Waals surface area contributed by atoms with Crippen LogP contribution in [0.2, 0.25) is 0 Å². The molecule has 1 aromatic rings. The Hall–Kier alpha value is -1.75. The van der Waals surface area contributed by atoms with Crippen molar-refractivity contribution in [3.05, 3.63) is 29.8 Å². The standard InChI is InChI=1S/C18H24O2/c1-2-3-4-5-6-7-8-9-10-15-20-18-13-11-17(16-19)12-14-18/h1,11-14,16H,3-10,15H2. The van der Waals surface area contributed by atoms with Crippen molar-refractivity contribution in [1.29, 1.82) is 0 Å². The molecule has 0 aliphatic rings. The van der Waals surface area contributed by atoms with E-state index in [0.717, 1.165) is 37.9 Å². The van der Waals surface area contributed by atoms with Crippen molar-refractivity contribution in [2.24, 2.45) is 0 Å². The van der Waals surface area contributed by atoms with E-state index in [0.29, 0.717) is 5.56 Å². The summed E-state index contributed by atoms with van der Waals surface area (Å²) >= 11 is 0. The third kappa shape index (κ3) is 7.63. The first kappa shape index (κ1) is 16.3. The average Bonchev–Trinajstić information content (AvgIpc) is 2.50. The van der Waals surface area contributed by atoms with Crippen molar-refractivity contribution in [2.75, 3.05) is 6.61 Å². The maximum absolute atomic E-state index is 10.5. The number of hydrogen-bond donors (Lipinski definition) is 0. The summed E-state index contributed by atoms with van der Waals surface area (Å²) in [5.41, 5.74) is 0.683. The molecule has 0 saturated carbocycles. The van der Waals surface area contributed by atoms with Crippen molar-refractivity contribution in [3.63, 3.8) is 0 Å². The molecule has 1 aromatic carbocycles. The van der Waals surface area contributed by atoms with Crippen molar-refractivity contribution < 1.29 is 9.53 Å². The number of aldehydes is 1. The number of ether oxygens (including phenoxy) is 1. The van der Waals surface area contributed by atoms with Gasteiger partial charge in [-0.15, -0.1) is 12.3 Å². The lowest BCUT2D eigenvalue weighted by atomic mass is 10.1. The molecule has 0 amide bonds. The molecule has 0 atom stereocenters. The molecular formula is C18H24O2. The molecule has 0 spiro atoms. The van der Waals surface area contributed by atoms with Gasteiger partial charge in [-0.2, -0.15) is 0 Å². The van der Waals surface area contributed by atoms with E-state index in [1.54, 1.807) is 12.1 Å². The Morgan fingerprint density at radius 1 is 0.950 bits per heavy atom. The molecule has 0 unspecified atom stereocenters. The highest BCUT2D eigenvalue weighted by molar-refractivity contribution is 5.74. The first-order valence-electron chi connectivity index (χ1n) is 7.48. The highest BCUT2D eigenvalue weighted by Gasteiger charge is 1.95. The molecule has 2 nitrogen and oxygen atoms in total. The van der Waals surface area contributed by atoms with Gasteiger partial charge in [-0.05, 0) is 37.1 Å². The predicted molar refractivity (Wildman–Crippen MR) is 83.1 cm³/mol. The number of benzene rings is 1. The molecule has 0 N–H and O–H groups in total. The Bertz CT molecular complexity index is 400. The fourth-order valence-corrected chi connectivity index (χ4v) is 2.05. The van der Waals surface area contributed by atoms with Crippen LogP contribution in [0.3, 0.4) is 0 Å². The van der Waals surface area contributed by atoms with Crippen molar-refractivity contribution in [1.82, 2.24) is 0 Å². The lowest BCUT2D eigenvalue weighted by Crippen LogP contribution is -1.97. The van der Waals surface area contributed by atoms with E-state index < -0.39 is 0 Å². The summed E-state index contributed by atoms with van der Waals surface area (Å²) in [4.78, 5) is 10.5. The van der Waals surface area contributed by atoms with Crippen LogP contribution in [0.1, 0.15) is 61.7 Å². The van der Waals surface area contributed by atoms with Crippen LogP contribution in [-0.2, 0) is 0 Å². The fourth-order valence-electron chi connectivity index (χ4n) is 2.05. The van der Waals surface area contributed by atoms with Gasteiger partial charge in [-0.25, -0.2) is 0 Å². The van der Waals surface area contributed by atoms with Gasteiger partial charge in [0, 0.05) is 12.0 Å². The second-order valence-corrected chi connectivity index (χ2v) is 4.96. The smallest absolute Gasteiger partial charge is 0.150 e. The number of terminal acetylenes is 1. The van der Waals surface area contributed by atoms with Crippen molar-refractivity contribution in [3.8, 4) is 18.1 Å². The summed E-state index contributed by atoms with van der Waals surface area (Å²) in [5, 5.41) is 0. The van der Waals surface area contributed by atoms with Crippen LogP contribution in [0, 0.1) is 12.3 Å². The second kappa shape index (κ2) is 11.1. The summed E-state index contributed by atoms with van der Waals surface area (Å²) in [7, 11) is 0. The van der Waals surface area contributed by atoms with Crippen LogP contribution in [0.5, 0.6) is 5.75 Å². The Morgan fingerprint density at radius 2 is 1.55 bits per heavy atom. The summed E-state index contributed by atoms with van der Waals surface area (Å²) in [6, 6.07) is 7.24. The van der Waals surface area contributed by atoms with E-state index >= 15 is 0 Å². The maximum Gasteiger partial charge on any atom is 0.150 e. The van der Waals surface area contributed by atoms with Gasteiger partial charge in [0.2, 0.25) is 0 Å². The van der Waals surface area contributed by atoms with Crippen LogP contribution >= 0.6 is 0 Å². The van der Waals surface area contributed by atoms with Gasteiger partial charge < -0.3 is 4.74 Å². The Morgan fingerprint density at radius 3 is 2.15 bits per heavy atom. The molecule has 20 heavy (non-hydrogen) atoms. The van der Waals surface area contributed by atoms with E-state index in [9.17, 15) is 4.79 Å². The Labute approximate surface area is 122 Å². The zero-order valence-corrected chi connectivity index (χ0v) is 12.1. The molecule has 0 aliphatic carbocycles. The summed E-state index contributed by atoms with van der Waals surface area (Å²) in [5.74, 6) is 3.51. The Balaban J connectivity index is 1.94. The first-order valence-corrected chi connectivity index (χ1v) is 7.48. The minimum Gasteiger partial charge on any atom is -0.494 e. The summed E-state index contributed by atoms with van der Waals surface area (Å²) < 4.78 is 5.63. The predicted octanol–water partition coefficient (Wildman–Crippen LogP) is 4.63. The van der Waals surface area contributed by atoms with Crippen molar-refractivity contribution in [2.45, 2.75) is 51.4 Å². The van der Waals surface area contributed by atoms with E-state index in [-0.39, 0.29) is 0 Å². The maximum atomic E-state index is 10.5. The van der Waals surface area contributed by atoms with Crippen LogP contribution in [0.15, 0.2) is 24.3 Å². The van der Waals surface area contributed by atoms with E-state index in [4.69, 9.17) is 11.2 Å². The topological polar surface area (TPSA) is 26.3 Å². The van der Waals surface area contributed by atoms with Gasteiger partial charge in [0.25, 0.3) is 0 Å². The van der Waals surface area contributed by atoms with Gasteiger partial charge in [0.15, 0.2) is 0 Å². The summed E-state index contributed by atoms with van der Waals surface area (Å²) in [6.45, 7) is 0.748. The van der Waals surface area contributed by atoms with Gasteiger partial charge in [0.1, 0.15) is 12.0 Å². The number of carbonyl (C=O) groups is 1. The third-order valence-electron chi connectivity index (χ3n) is 3.25. The number of carbonyl (C=O) groups excluding carboxylic acids is 1. The molecule has 0 radical (unpaired) electrons. The molecule has 1 rings (SSSR count). The molecule has 0 heterocycles. The second-order valence-electron chi connectivity index (χ2n) is 4.96. The molecule has 108 valence electrons. The van der Waals surface area contributed by atoms with Gasteiger partial charge in [-0.1, -0.05) is 32.1 Å². The highest BCUT2D eigenvalue weighted by Crippen LogP contribution is 2.13. The average molecular weight is 272 g/mol. The fraction of sp³-hybridized carbons (Fsp3) is 0.500. The minimum absolute atomic E-state index is 0.683. The lowest BCUT2D eigenvalue weighted by molar-refractivity contribution is 0.112. The largest absolute Gasteiger partial charge is 0.494 e. The monoisotopic (exact) mass is 272 g/mol. The van der Waals surface area contributed by atoms with Gasteiger partial charge >= 0.3 is 0 Å². The van der Waals surface area contributed by atoms with Gasteiger partial charge in [-0.3, -0.25) is 4.79 Å². The SMILES string of the molecule is C#CCCCCCCCCCOc1ccc(C=O)cc1. The molecule has 2 heteroatoms. The molecule has 0 aromatic heterocycles. The van der Waals surface area contributed by atoms with Crippen LogP contribution in [0.25, 0.3) is 0 Å². The normalized spacial score (nSPS) is 9.95. The third-order valence-corrected chi connectivity index (χ3v) is 3.25. The van der Waals surface area contributed by atoms with E-state index in [1.165, 1.54) is 32.1 Å². The molecule has 0 bridgehead atoms. The highest BCUT2D eigenvalue weighted by atomic mass is 16.5. The Kier molecular flexibility index (Phi) is 9.06. The minimum atomic E-state index is 0.683. The van der Waals surface area contributed by atoms with E-state index in [2.05, 4.69) is 5.92 Å². The molecule has 0 saturated heterocycles. The number of unbranched alkanes of at least 4 members (excludes halogenated alkanes) is 7. The summed E-state index contributed by atoms with van der Waals surface area (Å²) in [6.07, 6.45) is 15.5. The quantitative estimate of drug-likeness (QED) is 0.333. The first-order chi connectivity index (χ1) is 9.86. The van der Waals surface area contributed by atoms with Crippen LogP contribution < -0.4 is 4.74 Å². The van der Waals surface area contributed by atoms with Gasteiger partial charge in [0.05, 0.1) is 6.61 Å². The number of hydrogen-bond acceptors (Lipinski definition) is 2. The molecule has 0 aliphatic heterocycles. The lowest BCUT2D eigenvalue weighted by Gasteiger charge is -2.06. The van der Waals surface area contributed by atoms with E-state index in [1.807, 2.05) is 12.1 Å². The molecular weight excluding hydrogens is 248 g/mol. The van der Waals surface area contributed by atoms with Crippen LogP contribution in [-0.4, -0.2) is 12.9 Å². The number of rotatable bonds is 11. The van der Waals surface area contributed by atoms with Crippen LogP contribution in [0.4, 0.5) is 0 Å². The van der Waals surface area contributed by atoms with Crippen molar-refractivity contribution >= 4 is 6.29 Å². The molecule has 0 fully saturated rings. The zero-order valence-electron chi connectivity index (χ0n) is 12.1.